The number of hydrogen-bond donors (Lipinski definition) is 1. The van der Waals surface area contributed by atoms with Gasteiger partial charge in [-0.25, -0.2) is 13.4 Å². The highest BCUT2D eigenvalue weighted by molar-refractivity contribution is 7.92. The first-order valence-electron chi connectivity index (χ1n) is 10.2. The molecular formula is C22H28N4O3S. The molecule has 0 unspecified atom stereocenters. The van der Waals surface area contributed by atoms with Crippen molar-refractivity contribution in [1.29, 1.82) is 0 Å². The SMILES string of the molecule is CCc1nc2c(NS(C)(=O)=O)cc(-c3cc(C)c(=O)n(C)c3)cc2n1CC1(C)CC1. The Morgan fingerprint density at radius 1 is 1.20 bits per heavy atom. The Hall–Kier alpha value is -2.61. The lowest BCUT2D eigenvalue weighted by atomic mass is 10.0. The zero-order chi connectivity index (χ0) is 21.8. The number of fused-ring (bicyclic) bond motifs is 1. The summed E-state index contributed by atoms with van der Waals surface area (Å²) in [6.07, 6.45) is 6.06. The number of nitrogens with one attached hydrogen (secondary N) is 1. The molecule has 1 fully saturated rings. The molecule has 0 bridgehead atoms. The summed E-state index contributed by atoms with van der Waals surface area (Å²) < 4.78 is 30.5. The Kier molecular flexibility index (Phi) is 4.80. The molecule has 8 heteroatoms. The van der Waals surface area contributed by atoms with E-state index < -0.39 is 10.0 Å². The van der Waals surface area contributed by atoms with E-state index in [1.165, 1.54) is 12.8 Å². The summed E-state index contributed by atoms with van der Waals surface area (Å²) in [6.45, 7) is 6.98. The monoisotopic (exact) mass is 428 g/mol. The van der Waals surface area contributed by atoms with Gasteiger partial charge in [-0.1, -0.05) is 13.8 Å². The van der Waals surface area contributed by atoms with Gasteiger partial charge >= 0.3 is 0 Å². The minimum Gasteiger partial charge on any atom is -0.327 e. The van der Waals surface area contributed by atoms with Crippen LogP contribution in [0.3, 0.4) is 0 Å². The van der Waals surface area contributed by atoms with Gasteiger partial charge in [-0.3, -0.25) is 9.52 Å². The molecule has 30 heavy (non-hydrogen) atoms. The van der Waals surface area contributed by atoms with E-state index in [2.05, 4.69) is 29.2 Å². The third-order valence-electron chi connectivity index (χ3n) is 5.88. The average molecular weight is 429 g/mol. The van der Waals surface area contributed by atoms with E-state index in [0.717, 1.165) is 41.7 Å². The Balaban J connectivity index is 1.99. The van der Waals surface area contributed by atoms with Crippen molar-refractivity contribution in [2.75, 3.05) is 11.0 Å². The minimum atomic E-state index is -3.48. The number of benzene rings is 1. The van der Waals surface area contributed by atoms with Crippen LogP contribution in [0.15, 0.2) is 29.2 Å². The van der Waals surface area contributed by atoms with Crippen molar-refractivity contribution in [2.45, 2.75) is 46.6 Å². The molecule has 1 N–H and O–H groups in total. The van der Waals surface area contributed by atoms with Crippen molar-refractivity contribution >= 4 is 26.7 Å². The third kappa shape index (κ3) is 3.88. The van der Waals surface area contributed by atoms with E-state index in [9.17, 15) is 13.2 Å². The summed E-state index contributed by atoms with van der Waals surface area (Å²) in [4.78, 5) is 16.9. The molecule has 3 aromatic rings. The predicted molar refractivity (Wildman–Crippen MR) is 120 cm³/mol. The lowest BCUT2D eigenvalue weighted by Gasteiger charge is -2.15. The van der Waals surface area contributed by atoms with Gasteiger partial charge in [0.1, 0.15) is 11.3 Å². The summed E-state index contributed by atoms with van der Waals surface area (Å²) in [6, 6.07) is 5.70. The van der Waals surface area contributed by atoms with Crippen molar-refractivity contribution in [3.8, 4) is 11.1 Å². The zero-order valence-corrected chi connectivity index (χ0v) is 18.9. The predicted octanol–water partition coefficient (Wildman–Crippen LogP) is 3.44. The molecule has 1 aromatic carbocycles. The van der Waals surface area contributed by atoms with Gasteiger partial charge in [0.15, 0.2) is 0 Å². The highest BCUT2D eigenvalue weighted by Crippen LogP contribution is 2.47. The number of aromatic nitrogens is 3. The van der Waals surface area contributed by atoms with E-state index in [1.807, 2.05) is 6.07 Å². The molecule has 0 amide bonds. The molecule has 1 aliphatic carbocycles. The summed E-state index contributed by atoms with van der Waals surface area (Å²) in [5, 5.41) is 0. The van der Waals surface area contributed by atoms with Crippen molar-refractivity contribution in [3.63, 3.8) is 0 Å². The number of aryl methyl sites for hydroxylation is 3. The van der Waals surface area contributed by atoms with Crippen LogP contribution in [0.2, 0.25) is 0 Å². The second kappa shape index (κ2) is 6.97. The third-order valence-corrected chi connectivity index (χ3v) is 6.47. The van der Waals surface area contributed by atoms with Crippen LogP contribution in [0.5, 0.6) is 0 Å². The van der Waals surface area contributed by atoms with Gasteiger partial charge in [0, 0.05) is 31.8 Å². The molecule has 1 saturated carbocycles. The minimum absolute atomic E-state index is 0.0470. The molecule has 4 rings (SSSR count). The quantitative estimate of drug-likeness (QED) is 0.652. The summed E-state index contributed by atoms with van der Waals surface area (Å²) in [5.74, 6) is 0.948. The summed E-state index contributed by atoms with van der Waals surface area (Å²) >= 11 is 0. The second-order valence-corrected chi connectivity index (χ2v) is 10.6. The molecule has 7 nitrogen and oxygen atoms in total. The van der Waals surface area contributed by atoms with Gasteiger partial charge < -0.3 is 9.13 Å². The molecule has 160 valence electrons. The Morgan fingerprint density at radius 2 is 1.90 bits per heavy atom. The smallest absolute Gasteiger partial charge is 0.253 e. The zero-order valence-electron chi connectivity index (χ0n) is 18.1. The fourth-order valence-electron chi connectivity index (χ4n) is 3.95. The number of pyridine rings is 1. The van der Waals surface area contributed by atoms with Crippen LogP contribution in [0.1, 0.15) is 38.1 Å². The largest absolute Gasteiger partial charge is 0.327 e. The lowest BCUT2D eigenvalue weighted by molar-refractivity contribution is 0.462. The maximum absolute atomic E-state index is 12.1. The molecule has 2 aromatic heterocycles. The Bertz CT molecular complexity index is 1290. The van der Waals surface area contributed by atoms with E-state index in [1.54, 1.807) is 30.8 Å². The van der Waals surface area contributed by atoms with Crippen LogP contribution in [0, 0.1) is 12.3 Å². The first kappa shape index (κ1) is 20.7. The molecule has 2 heterocycles. The number of sulfonamides is 1. The van der Waals surface area contributed by atoms with Crippen LogP contribution in [-0.2, 0) is 30.0 Å². The lowest BCUT2D eigenvalue weighted by Crippen LogP contribution is -2.18. The van der Waals surface area contributed by atoms with Crippen LogP contribution in [0.25, 0.3) is 22.2 Å². The van der Waals surface area contributed by atoms with Crippen molar-refractivity contribution < 1.29 is 8.42 Å². The summed E-state index contributed by atoms with van der Waals surface area (Å²) in [5.41, 5.74) is 4.60. The normalized spacial score (nSPS) is 15.5. The topological polar surface area (TPSA) is 86.0 Å². The van der Waals surface area contributed by atoms with Crippen LogP contribution in [0.4, 0.5) is 5.69 Å². The second-order valence-electron chi connectivity index (χ2n) is 8.87. The number of anilines is 1. The molecule has 0 aliphatic heterocycles. The van der Waals surface area contributed by atoms with Crippen molar-refractivity contribution in [2.24, 2.45) is 12.5 Å². The number of hydrogen-bond acceptors (Lipinski definition) is 4. The standard InChI is InChI=1S/C22H28N4O3S/c1-6-19-23-20-17(24-30(5,28)29)10-15(16-9-14(2)21(27)25(4)12-16)11-18(20)26(19)13-22(3)7-8-22/h9-12,24H,6-8,13H2,1-5H3. The number of nitrogens with zero attached hydrogens (tertiary/aromatic N) is 3. The fraction of sp³-hybridized carbons (Fsp3) is 0.455. The van der Waals surface area contributed by atoms with Gasteiger partial charge in [0.2, 0.25) is 10.0 Å². The van der Waals surface area contributed by atoms with Gasteiger partial charge in [-0.15, -0.1) is 0 Å². The van der Waals surface area contributed by atoms with Gasteiger partial charge in [-0.2, -0.15) is 0 Å². The van der Waals surface area contributed by atoms with Gasteiger partial charge in [-0.05, 0) is 54.5 Å². The van der Waals surface area contributed by atoms with Crippen molar-refractivity contribution in [1.82, 2.24) is 14.1 Å². The van der Waals surface area contributed by atoms with Crippen LogP contribution < -0.4 is 10.3 Å². The maximum Gasteiger partial charge on any atom is 0.253 e. The van der Waals surface area contributed by atoms with E-state index in [0.29, 0.717) is 16.8 Å². The highest BCUT2D eigenvalue weighted by Gasteiger charge is 2.38. The fourth-order valence-corrected chi connectivity index (χ4v) is 4.51. The Morgan fingerprint density at radius 3 is 2.47 bits per heavy atom. The summed E-state index contributed by atoms with van der Waals surface area (Å²) in [7, 11) is -1.76. The Labute approximate surface area is 176 Å². The van der Waals surface area contributed by atoms with Crippen LogP contribution in [-0.4, -0.2) is 28.8 Å². The first-order chi connectivity index (χ1) is 14.0. The number of imidazole rings is 1. The first-order valence-corrected chi connectivity index (χ1v) is 12.1. The van der Waals surface area contributed by atoms with E-state index in [-0.39, 0.29) is 11.0 Å². The molecule has 0 spiro atoms. The van der Waals surface area contributed by atoms with E-state index >= 15 is 0 Å². The van der Waals surface area contributed by atoms with Crippen LogP contribution >= 0.6 is 0 Å². The van der Waals surface area contributed by atoms with Gasteiger partial charge in [0.25, 0.3) is 5.56 Å². The molecule has 0 atom stereocenters. The highest BCUT2D eigenvalue weighted by atomic mass is 32.2. The van der Waals surface area contributed by atoms with E-state index in [4.69, 9.17) is 4.98 Å². The molecule has 1 aliphatic rings. The molecule has 0 radical (unpaired) electrons. The maximum atomic E-state index is 12.1. The van der Waals surface area contributed by atoms with Crippen molar-refractivity contribution in [3.05, 3.63) is 46.1 Å². The molecular weight excluding hydrogens is 400 g/mol. The average Bonchev–Trinajstić information content (AvgIpc) is 3.27. The molecule has 0 saturated heterocycles. The number of rotatable bonds is 6. The van der Waals surface area contributed by atoms with Gasteiger partial charge in [0.05, 0.1) is 17.5 Å².